The monoisotopic (exact) mass is 491 g/mol. The molecular formula is C20H34IN3O3. The van der Waals surface area contributed by atoms with Crippen LogP contribution in [0.25, 0.3) is 0 Å². The molecule has 1 unspecified atom stereocenters. The van der Waals surface area contributed by atoms with E-state index in [0.717, 1.165) is 70.5 Å². The lowest BCUT2D eigenvalue weighted by atomic mass is 10.1. The van der Waals surface area contributed by atoms with Crippen LogP contribution in [0.15, 0.2) is 23.2 Å². The van der Waals surface area contributed by atoms with Crippen molar-refractivity contribution < 1.29 is 14.2 Å². The maximum Gasteiger partial charge on any atom is 0.190 e. The smallest absolute Gasteiger partial charge is 0.190 e. The predicted octanol–water partition coefficient (Wildman–Crippen LogP) is 2.77. The Morgan fingerprint density at radius 2 is 2.11 bits per heavy atom. The number of ether oxygens (including phenoxy) is 3. The van der Waals surface area contributed by atoms with Crippen molar-refractivity contribution in [3.05, 3.63) is 29.3 Å². The molecule has 0 aromatic heterocycles. The first-order valence-corrected chi connectivity index (χ1v) is 9.46. The number of halogens is 1. The van der Waals surface area contributed by atoms with Gasteiger partial charge in [-0.3, -0.25) is 4.99 Å². The van der Waals surface area contributed by atoms with Gasteiger partial charge in [-0.25, -0.2) is 0 Å². The first kappa shape index (κ1) is 24.0. The zero-order valence-electron chi connectivity index (χ0n) is 16.8. The average molecular weight is 491 g/mol. The lowest BCUT2D eigenvalue weighted by Crippen LogP contribution is -2.39. The van der Waals surface area contributed by atoms with E-state index in [4.69, 9.17) is 14.2 Å². The summed E-state index contributed by atoms with van der Waals surface area (Å²) in [7, 11) is 3.50. The second kappa shape index (κ2) is 14.0. The summed E-state index contributed by atoms with van der Waals surface area (Å²) in [6, 6.07) is 6.26. The highest BCUT2D eigenvalue weighted by Crippen LogP contribution is 2.19. The predicted molar refractivity (Wildman–Crippen MR) is 121 cm³/mol. The minimum absolute atomic E-state index is 0. The van der Waals surface area contributed by atoms with Crippen molar-refractivity contribution in [3.63, 3.8) is 0 Å². The minimum atomic E-state index is 0. The number of guanidine groups is 1. The van der Waals surface area contributed by atoms with Gasteiger partial charge in [0, 0.05) is 39.3 Å². The molecule has 27 heavy (non-hydrogen) atoms. The van der Waals surface area contributed by atoms with Crippen LogP contribution in [0, 0.1) is 12.8 Å². The van der Waals surface area contributed by atoms with E-state index in [0.29, 0.717) is 5.92 Å². The number of benzene rings is 1. The van der Waals surface area contributed by atoms with Crippen LogP contribution >= 0.6 is 24.0 Å². The molecule has 1 heterocycles. The summed E-state index contributed by atoms with van der Waals surface area (Å²) in [5.74, 6) is 2.34. The Kier molecular flexibility index (Phi) is 12.4. The largest absolute Gasteiger partial charge is 0.496 e. The van der Waals surface area contributed by atoms with Crippen LogP contribution in [0.5, 0.6) is 5.75 Å². The van der Waals surface area contributed by atoms with Gasteiger partial charge in [-0.2, -0.15) is 0 Å². The highest BCUT2D eigenvalue weighted by molar-refractivity contribution is 14.0. The number of hydrogen-bond acceptors (Lipinski definition) is 4. The van der Waals surface area contributed by atoms with Crippen molar-refractivity contribution in [1.29, 1.82) is 0 Å². The minimum Gasteiger partial charge on any atom is -0.496 e. The van der Waals surface area contributed by atoms with Crippen LogP contribution in [0.3, 0.4) is 0 Å². The molecule has 1 aliphatic rings. The van der Waals surface area contributed by atoms with Gasteiger partial charge in [-0.1, -0.05) is 17.7 Å². The highest BCUT2D eigenvalue weighted by Gasteiger charge is 2.15. The maximum atomic E-state index is 5.71. The summed E-state index contributed by atoms with van der Waals surface area (Å²) in [6.45, 7) is 7.05. The molecular weight excluding hydrogens is 457 g/mol. The molecule has 1 aromatic rings. The normalized spacial score (nSPS) is 16.7. The zero-order valence-corrected chi connectivity index (χ0v) is 19.1. The molecule has 2 rings (SSSR count). The molecule has 1 aliphatic heterocycles. The van der Waals surface area contributed by atoms with Crippen molar-refractivity contribution in [2.75, 3.05) is 53.7 Å². The van der Waals surface area contributed by atoms with Gasteiger partial charge in [0.1, 0.15) is 5.75 Å². The Morgan fingerprint density at radius 1 is 1.30 bits per heavy atom. The van der Waals surface area contributed by atoms with E-state index in [1.54, 1.807) is 14.2 Å². The molecule has 0 amide bonds. The van der Waals surface area contributed by atoms with Crippen LogP contribution in [0.2, 0.25) is 0 Å². The third kappa shape index (κ3) is 9.12. The number of aryl methyl sites for hydroxylation is 1. The topological polar surface area (TPSA) is 64.1 Å². The van der Waals surface area contributed by atoms with Crippen LogP contribution in [0.4, 0.5) is 0 Å². The quantitative estimate of drug-likeness (QED) is 0.228. The lowest BCUT2D eigenvalue weighted by Gasteiger charge is -2.14. The Bertz CT molecular complexity index is 563. The molecule has 0 radical (unpaired) electrons. The zero-order chi connectivity index (χ0) is 18.6. The molecule has 1 aromatic carbocycles. The third-order valence-electron chi connectivity index (χ3n) is 4.48. The number of aliphatic imine (C=N–C) groups is 1. The van der Waals surface area contributed by atoms with Gasteiger partial charge < -0.3 is 24.8 Å². The van der Waals surface area contributed by atoms with Crippen molar-refractivity contribution >= 4 is 29.9 Å². The fourth-order valence-electron chi connectivity index (χ4n) is 2.98. The lowest BCUT2D eigenvalue weighted by molar-refractivity contribution is 0.0888. The van der Waals surface area contributed by atoms with Crippen molar-refractivity contribution in [2.24, 2.45) is 10.9 Å². The summed E-state index contributed by atoms with van der Waals surface area (Å²) in [5.41, 5.74) is 2.45. The van der Waals surface area contributed by atoms with Gasteiger partial charge in [0.2, 0.25) is 0 Å². The Hall–Kier alpha value is -1.06. The number of hydrogen-bond donors (Lipinski definition) is 2. The molecule has 1 fully saturated rings. The van der Waals surface area contributed by atoms with Crippen LogP contribution in [0.1, 0.15) is 24.0 Å². The van der Waals surface area contributed by atoms with Gasteiger partial charge in [0.25, 0.3) is 0 Å². The first-order valence-electron chi connectivity index (χ1n) is 9.46. The van der Waals surface area contributed by atoms with Gasteiger partial charge in [-0.15, -0.1) is 24.0 Å². The molecule has 154 valence electrons. The molecule has 1 atom stereocenters. The van der Waals surface area contributed by atoms with Gasteiger partial charge in [-0.05, 0) is 37.8 Å². The van der Waals surface area contributed by atoms with Crippen molar-refractivity contribution in [3.8, 4) is 5.75 Å². The van der Waals surface area contributed by atoms with Crippen LogP contribution < -0.4 is 15.4 Å². The molecule has 1 saturated heterocycles. The number of nitrogens with zero attached hydrogens (tertiary/aromatic N) is 1. The van der Waals surface area contributed by atoms with E-state index < -0.39 is 0 Å². The second-order valence-corrected chi connectivity index (χ2v) is 6.65. The molecule has 7 heteroatoms. The van der Waals surface area contributed by atoms with E-state index >= 15 is 0 Å². The molecule has 0 spiro atoms. The van der Waals surface area contributed by atoms with Crippen LogP contribution in [-0.4, -0.2) is 59.6 Å². The van der Waals surface area contributed by atoms with E-state index in [9.17, 15) is 0 Å². The summed E-state index contributed by atoms with van der Waals surface area (Å²) < 4.78 is 16.5. The van der Waals surface area contributed by atoms with Gasteiger partial charge >= 0.3 is 0 Å². The maximum absolute atomic E-state index is 5.71. The molecule has 0 aliphatic carbocycles. The molecule has 0 bridgehead atoms. The van der Waals surface area contributed by atoms with E-state index in [1.165, 1.54) is 11.1 Å². The van der Waals surface area contributed by atoms with E-state index in [1.807, 2.05) is 6.07 Å². The molecule has 0 saturated carbocycles. The van der Waals surface area contributed by atoms with Gasteiger partial charge in [0.15, 0.2) is 5.96 Å². The fraction of sp³-hybridized carbons (Fsp3) is 0.650. The first-order chi connectivity index (χ1) is 12.7. The van der Waals surface area contributed by atoms with E-state index in [2.05, 4.69) is 34.7 Å². The fourth-order valence-corrected chi connectivity index (χ4v) is 2.98. The third-order valence-corrected chi connectivity index (χ3v) is 4.48. The number of methoxy groups -OCH3 is 1. The molecule has 6 nitrogen and oxygen atoms in total. The summed E-state index contributed by atoms with van der Waals surface area (Å²) >= 11 is 0. The summed E-state index contributed by atoms with van der Waals surface area (Å²) in [6.07, 6.45) is 2.97. The molecule has 2 N–H and O–H groups in total. The Morgan fingerprint density at radius 3 is 2.81 bits per heavy atom. The average Bonchev–Trinajstić information content (AvgIpc) is 3.16. The second-order valence-electron chi connectivity index (χ2n) is 6.65. The Labute approximate surface area is 180 Å². The summed E-state index contributed by atoms with van der Waals surface area (Å²) in [4.78, 5) is 4.27. The number of nitrogens with one attached hydrogen (secondary N) is 2. The van der Waals surface area contributed by atoms with Crippen LogP contribution in [-0.2, 0) is 15.9 Å². The SMILES string of the molecule is CN=C(NCCCOCC1CCOC1)NCCc1cc(C)ccc1OC.I. The van der Waals surface area contributed by atoms with Crippen molar-refractivity contribution in [1.82, 2.24) is 10.6 Å². The standard InChI is InChI=1S/C20H33N3O3.HI/c1-16-5-6-19(24-3)18(13-16)7-10-23-20(21-2)22-9-4-11-25-14-17-8-12-26-15-17;/h5-6,13,17H,4,7-12,14-15H2,1-3H3,(H2,21,22,23);1H. The van der Waals surface area contributed by atoms with Gasteiger partial charge in [0.05, 0.1) is 20.3 Å². The number of rotatable bonds is 10. The highest BCUT2D eigenvalue weighted by atomic mass is 127. The summed E-state index contributed by atoms with van der Waals surface area (Å²) in [5, 5.41) is 6.68. The van der Waals surface area contributed by atoms with Crippen molar-refractivity contribution in [2.45, 2.75) is 26.2 Å². The van der Waals surface area contributed by atoms with E-state index in [-0.39, 0.29) is 24.0 Å². The Balaban J connectivity index is 0.00000364.